The van der Waals surface area contributed by atoms with Crippen molar-refractivity contribution >= 4 is 5.97 Å². The van der Waals surface area contributed by atoms with Crippen LogP contribution in [0.25, 0.3) is 0 Å². The highest BCUT2D eigenvalue weighted by atomic mass is 16.5. The van der Waals surface area contributed by atoms with Gasteiger partial charge in [-0.05, 0) is 18.2 Å². The molecule has 2 rings (SSSR count). The Balaban J connectivity index is 2.06. The molecule has 0 aliphatic heterocycles. The van der Waals surface area contributed by atoms with E-state index in [-0.39, 0.29) is 12.4 Å². The van der Waals surface area contributed by atoms with Crippen LogP contribution in [-0.2, 0) is 6.61 Å². The molecular formula is C13H12O5. The Morgan fingerprint density at radius 1 is 1.33 bits per heavy atom. The minimum Gasteiger partial charge on any atom is -0.497 e. The zero-order valence-electron chi connectivity index (χ0n) is 9.75. The Bertz CT molecular complexity index is 544. The molecule has 1 aromatic heterocycles. The normalized spacial score (nSPS) is 10.1. The molecule has 5 heteroatoms. The van der Waals surface area contributed by atoms with Gasteiger partial charge in [0.1, 0.15) is 18.1 Å². The van der Waals surface area contributed by atoms with Crippen LogP contribution in [0.15, 0.2) is 41.0 Å². The number of benzene rings is 1. The molecule has 18 heavy (non-hydrogen) atoms. The summed E-state index contributed by atoms with van der Waals surface area (Å²) in [6.45, 7) is 0.130. The third kappa shape index (κ3) is 2.63. The first-order valence-corrected chi connectivity index (χ1v) is 5.27. The number of rotatable bonds is 5. The van der Waals surface area contributed by atoms with Crippen LogP contribution in [0.3, 0.4) is 0 Å². The van der Waals surface area contributed by atoms with E-state index in [0.717, 1.165) is 0 Å². The molecule has 0 spiro atoms. The highest BCUT2D eigenvalue weighted by Gasteiger charge is 2.14. The van der Waals surface area contributed by atoms with Crippen molar-refractivity contribution in [1.29, 1.82) is 0 Å². The lowest BCUT2D eigenvalue weighted by Gasteiger charge is -2.06. The van der Waals surface area contributed by atoms with E-state index in [1.54, 1.807) is 37.4 Å². The van der Waals surface area contributed by atoms with E-state index in [1.807, 2.05) is 0 Å². The minimum atomic E-state index is -1.11. The van der Waals surface area contributed by atoms with Crippen molar-refractivity contribution < 1.29 is 23.8 Å². The summed E-state index contributed by atoms with van der Waals surface area (Å²) in [5.41, 5.74) is 0.491. The molecule has 5 nitrogen and oxygen atoms in total. The maximum atomic E-state index is 10.8. The molecule has 0 fully saturated rings. The summed E-state index contributed by atoms with van der Waals surface area (Å²) in [6.07, 6.45) is 1.33. The van der Waals surface area contributed by atoms with Gasteiger partial charge in [-0.1, -0.05) is 6.07 Å². The van der Waals surface area contributed by atoms with Gasteiger partial charge in [0.25, 0.3) is 0 Å². The zero-order chi connectivity index (χ0) is 13.0. The average Bonchev–Trinajstić information content (AvgIpc) is 2.85. The number of carbonyl (C=O) groups is 1. The van der Waals surface area contributed by atoms with Gasteiger partial charge in [-0.15, -0.1) is 0 Å². The Kier molecular flexibility index (Phi) is 3.52. The Morgan fingerprint density at radius 3 is 2.83 bits per heavy atom. The molecule has 0 radical (unpaired) electrons. The van der Waals surface area contributed by atoms with E-state index in [9.17, 15) is 4.79 Å². The van der Waals surface area contributed by atoms with E-state index in [1.165, 1.54) is 6.26 Å². The lowest BCUT2D eigenvalue weighted by Crippen LogP contribution is -2.02. The van der Waals surface area contributed by atoms with Gasteiger partial charge < -0.3 is 19.0 Å². The molecule has 0 amide bonds. The second-order valence-electron chi connectivity index (χ2n) is 3.55. The number of hydrogen-bond donors (Lipinski definition) is 1. The monoisotopic (exact) mass is 248 g/mol. The fourth-order valence-electron chi connectivity index (χ4n) is 1.49. The third-order valence-corrected chi connectivity index (χ3v) is 2.38. The molecule has 0 bridgehead atoms. The summed E-state index contributed by atoms with van der Waals surface area (Å²) in [5.74, 6) is 0.0761. The van der Waals surface area contributed by atoms with Gasteiger partial charge in [0.15, 0.2) is 0 Å². The maximum Gasteiger partial charge on any atom is 0.372 e. The number of hydrogen-bond acceptors (Lipinski definition) is 4. The third-order valence-electron chi connectivity index (χ3n) is 2.38. The van der Waals surface area contributed by atoms with Gasteiger partial charge in [-0.25, -0.2) is 4.79 Å². The fraction of sp³-hybridized carbons (Fsp3) is 0.154. The van der Waals surface area contributed by atoms with Crippen LogP contribution in [0.2, 0.25) is 0 Å². The second-order valence-corrected chi connectivity index (χ2v) is 3.55. The van der Waals surface area contributed by atoms with Gasteiger partial charge in [-0.2, -0.15) is 0 Å². The van der Waals surface area contributed by atoms with Gasteiger partial charge in [-0.3, -0.25) is 0 Å². The minimum absolute atomic E-state index is 0.0992. The lowest BCUT2D eigenvalue weighted by atomic mass is 10.2. The first-order chi connectivity index (χ1) is 8.70. The molecule has 0 unspecified atom stereocenters. The van der Waals surface area contributed by atoms with Crippen molar-refractivity contribution in [3.63, 3.8) is 0 Å². The number of furan rings is 1. The van der Waals surface area contributed by atoms with Gasteiger partial charge in [0.2, 0.25) is 5.76 Å². The van der Waals surface area contributed by atoms with Crippen LogP contribution in [0.5, 0.6) is 11.5 Å². The molecule has 1 N–H and O–H groups in total. The molecule has 1 heterocycles. The Morgan fingerprint density at radius 2 is 2.11 bits per heavy atom. The van der Waals surface area contributed by atoms with Crippen molar-refractivity contribution in [3.05, 3.63) is 47.9 Å². The molecule has 0 aliphatic rings. The molecule has 0 saturated carbocycles. The van der Waals surface area contributed by atoms with Crippen molar-refractivity contribution in [2.24, 2.45) is 0 Å². The first-order valence-electron chi connectivity index (χ1n) is 5.27. The SMILES string of the molecule is COc1cccc(OCc2ccoc2C(=O)O)c1. The van der Waals surface area contributed by atoms with Gasteiger partial charge in [0, 0.05) is 11.6 Å². The summed E-state index contributed by atoms with van der Waals surface area (Å²) in [4.78, 5) is 10.8. The molecule has 1 aromatic carbocycles. The number of carboxylic acids is 1. The standard InChI is InChI=1S/C13H12O5/c1-16-10-3-2-4-11(7-10)18-8-9-5-6-17-12(9)13(14)15/h2-7H,8H2,1H3,(H,14,15). The van der Waals surface area contributed by atoms with Gasteiger partial charge in [0.05, 0.1) is 13.4 Å². The van der Waals surface area contributed by atoms with Crippen LogP contribution in [0, 0.1) is 0 Å². The van der Waals surface area contributed by atoms with Crippen LogP contribution in [0.4, 0.5) is 0 Å². The van der Waals surface area contributed by atoms with Crippen molar-refractivity contribution in [2.45, 2.75) is 6.61 Å². The van der Waals surface area contributed by atoms with E-state index in [0.29, 0.717) is 17.1 Å². The largest absolute Gasteiger partial charge is 0.497 e. The highest BCUT2D eigenvalue weighted by molar-refractivity contribution is 5.86. The predicted octanol–water partition coefficient (Wildman–Crippen LogP) is 2.57. The van der Waals surface area contributed by atoms with Crippen LogP contribution in [-0.4, -0.2) is 18.2 Å². The average molecular weight is 248 g/mol. The van der Waals surface area contributed by atoms with Crippen LogP contribution < -0.4 is 9.47 Å². The molecular weight excluding hydrogens is 236 g/mol. The lowest BCUT2D eigenvalue weighted by molar-refractivity contribution is 0.0658. The van der Waals surface area contributed by atoms with Crippen LogP contribution in [0.1, 0.15) is 16.1 Å². The van der Waals surface area contributed by atoms with Crippen LogP contribution >= 0.6 is 0 Å². The second kappa shape index (κ2) is 5.27. The number of aromatic carboxylic acids is 1. The molecule has 0 atom stereocenters. The fourth-order valence-corrected chi connectivity index (χ4v) is 1.49. The first kappa shape index (κ1) is 12.0. The van der Waals surface area contributed by atoms with Gasteiger partial charge >= 0.3 is 5.97 Å². The number of carboxylic acid groups (broad SMARTS) is 1. The quantitative estimate of drug-likeness (QED) is 0.880. The van der Waals surface area contributed by atoms with E-state index >= 15 is 0 Å². The number of ether oxygens (including phenoxy) is 2. The van der Waals surface area contributed by atoms with E-state index in [4.69, 9.17) is 19.0 Å². The zero-order valence-corrected chi connectivity index (χ0v) is 9.75. The van der Waals surface area contributed by atoms with Crippen molar-refractivity contribution in [3.8, 4) is 11.5 Å². The topological polar surface area (TPSA) is 68.9 Å². The Hall–Kier alpha value is -2.43. The smallest absolute Gasteiger partial charge is 0.372 e. The summed E-state index contributed by atoms with van der Waals surface area (Å²) in [7, 11) is 1.57. The molecule has 0 saturated heterocycles. The molecule has 2 aromatic rings. The maximum absolute atomic E-state index is 10.8. The van der Waals surface area contributed by atoms with Crippen molar-refractivity contribution in [2.75, 3.05) is 7.11 Å². The Labute approximate surface area is 104 Å². The van der Waals surface area contributed by atoms with E-state index < -0.39 is 5.97 Å². The van der Waals surface area contributed by atoms with Crippen molar-refractivity contribution in [1.82, 2.24) is 0 Å². The highest BCUT2D eigenvalue weighted by Crippen LogP contribution is 2.21. The summed E-state index contributed by atoms with van der Waals surface area (Å²) < 4.78 is 15.4. The van der Waals surface area contributed by atoms with E-state index in [2.05, 4.69) is 0 Å². The molecule has 0 aliphatic carbocycles. The molecule has 94 valence electrons. The summed E-state index contributed by atoms with van der Waals surface area (Å²) in [5, 5.41) is 8.86. The number of methoxy groups -OCH3 is 1. The summed E-state index contributed by atoms with van der Waals surface area (Å²) >= 11 is 0. The summed E-state index contributed by atoms with van der Waals surface area (Å²) in [6, 6.07) is 8.65. The predicted molar refractivity (Wildman–Crippen MR) is 63.0 cm³/mol.